The van der Waals surface area contributed by atoms with E-state index in [-0.39, 0.29) is 0 Å². The summed E-state index contributed by atoms with van der Waals surface area (Å²) >= 11 is 0. The number of H-pyrrole nitrogens is 1. The lowest BCUT2D eigenvalue weighted by Gasteiger charge is -2.12. The third-order valence-corrected chi connectivity index (χ3v) is 4.67. The van der Waals surface area contributed by atoms with Crippen LogP contribution in [0.4, 0.5) is 5.82 Å². The van der Waals surface area contributed by atoms with Gasteiger partial charge in [-0.15, -0.1) is 0 Å². The number of furan rings is 1. The third-order valence-electron chi connectivity index (χ3n) is 4.67. The number of nitrogens with zero attached hydrogens (tertiary/aromatic N) is 2. The molecule has 3 heterocycles. The second kappa shape index (κ2) is 5.99. The Kier molecular flexibility index (Phi) is 3.66. The Morgan fingerprint density at radius 3 is 2.80 bits per heavy atom. The molecule has 5 nitrogen and oxygen atoms in total. The molecule has 124 valence electrons. The molecule has 0 saturated heterocycles. The second-order valence-corrected chi connectivity index (χ2v) is 6.05. The number of fused-ring (bicyclic) bond motifs is 3. The van der Waals surface area contributed by atoms with Gasteiger partial charge in [0.05, 0.1) is 6.26 Å². The zero-order valence-electron chi connectivity index (χ0n) is 14.3. The maximum atomic E-state index is 9.71. The molecule has 0 fully saturated rings. The summed E-state index contributed by atoms with van der Waals surface area (Å²) < 4.78 is 7.57. The molecule has 0 bridgehead atoms. The molecule has 4 rings (SSSR count). The fourth-order valence-electron chi connectivity index (χ4n) is 3.47. The van der Waals surface area contributed by atoms with E-state index in [1.54, 1.807) is 6.26 Å². The summed E-state index contributed by atoms with van der Waals surface area (Å²) in [7, 11) is 0. The highest BCUT2D eigenvalue weighted by Crippen LogP contribution is 2.26. The molecule has 0 unspecified atom stereocenters. The molecule has 2 N–H and O–H groups in total. The van der Waals surface area contributed by atoms with Gasteiger partial charge in [-0.1, -0.05) is 19.1 Å². The standard InChI is InChI=1S/C20H18N4O/c1-3-15-13(2)16(11-21)20-23-17-8-4-5-9-18(17)24(20)19(15)22-12-14-7-6-10-25-14/h4-10H,3,12H2,1-2H3,(H,22,23)/p+1. The number of nitrogens with one attached hydrogen (secondary N) is 2. The molecule has 0 spiro atoms. The highest BCUT2D eigenvalue weighted by atomic mass is 16.3. The Balaban J connectivity index is 2.02. The van der Waals surface area contributed by atoms with Crippen molar-refractivity contribution in [1.82, 2.24) is 4.98 Å². The van der Waals surface area contributed by atoms with E-state index in [9.17, 15) is 5.26 Å². The van der Waals surface area contributed by atoms with Gasteiger partial charge in [-0.25, -0.2) is 0 Å². The van der Waals surface area contributed by atoms with Crippen molar-refractivity contribution in [2.45, 2.75) is 26.8 Å². The number of benzene rings is 1. The maximum absolute atomic E-state index is 9.71. The third kappa shape index (κ3) is 2.34. The van der Waals surface area contributed by atoms with Crippen LogP contribution in [0.3, 0.4) is 0 Å². The van der Waals surface area contributed by atoms with Crippen molar-refractivity contribution in [3.63, 3.8) is 0 Å². The zero-order valence-corrected chi connectivity index (χ0v) is 14.3. The van der Waals surface area contributed by atoms with E-state index in [0.717, 1.165) is 45.8 Å². The maximum Gasteiger partial charge on any atom is 0.250 e. The fourth-order valence-corrected chi connectivity index (χ4v) is 3.47. The van der Waals surface area contributed by atoms with Gasteiger partial charge in [-0.05, 0) is 43.2 Å². The number of rotatable bonds is 4. The zero-order chi connectivity index (χ0) is 17.4. The van der Waals surface area contributed by atoms with Crippen molar-refractivity contribution in [2.75, 3.05) is 5.32 Å². The molecule has 0 aliphatic rings. The predicted octanol–water partition coefficient (Wildman–Crippen LogP) is 3.85. The van der Waals surface area contributed by atoms with Crippen molar-refractivity contribution >= 4 is 22.5 Å². The Morgan fingerprint density at radius 2 is 2.08 bits per heavy atom. The minimum absolute atomic E-state index is 0.590. The number of aromatic nitrogens is 2. The summed E-state index contributed by atoms with van der Waals surface area (Å²) in [4.78, 5) is 3.40. The summed E-state index contributed by atoms with van der Waals surface area (Å²) in [5, 5.41) is 13.2. The number of hydrogen-bond acceptors (Lipinski definition) is 3. The van der Waals surface area contributed by atoms with Gasteiger partial charge in [0.25, 0.3) is 0 Å². The number of anilines is 1. The molecule has 1 aromatic carbocycles. The van der Waals surface area contributed by atoms with Crippen LogP contribution < -0.4 is 9.72 Å². The van der Waals surface area contributed by atoms with Gasteiger partial charge >= 0.3 is 0 Å². The van der Waals surface area contributed by atoms with Crippen LogP contribution in [0.5, 0.6) is 0 Å². The average Bonchev–Trinajstić information content (AvgIpc) is 3.27. The minimum atomic E-state index is 0.590. The second-order valence-electron chi connectivity index (χ2n) is 6.05. The monoisotopic (exact) mass is 331 g/mol. The summed E-state index contributed by atoms with van der Waals surface area (Å²) in [6, 6.07) is 14.3. The molecule has 0 aliphatic heterocycles. The van der Waals surface area contributed by atoms with Gasteiger partial charge in [-0.3, -0.25) is 10.3 Å². The van der Waals surface area contributed by atoms with Gasteiger partial charge in [0, 0.05) is 5.56 Å². The van der Waals surface area contributed by atoms with Gasteiger partial charge in [0.15, 0.2) is 0 Å². The van der Waals surface area contributed by atoms with Crippen LogP contribution in [0.1, 0.15) is 29.4 Å². The van der Waals surface area contributed by atoms with E-state index < -0.39 is 0 Å². The van der Waals surface area contributed by atoms with E-state index in [1.165, 1.54) is 0 Å². The SMILES string of the molecule is CCc1c(C)c(C#N)c2[nH]c3ccccc3[n+]2c1NCc1ccco1. The lowest BCUT2D eigenvalue weighted by atomic mass is 10.0. The van der Waals surface area contributed by atoms with Gasteiger partial charge < -0.3 is 4.42 Å². The molecule has 0 atom stereocenters. The normalized spacial score (nSPS) is 11.1. The largest absolute Gasteiger partial charge is 0.466 e. The molecule has 0 aliphatic carbocycles. The Morgan fingerprint density at radius 1 is 1.24 bits per heavy atom. The highest BCUT2D eigenvalue weighted by molar-refractivity contribution is 5.78. The topological polar surface area (TPSA) is 68.8 Å². The van der Waals surface area contributed by atoms with E-state index in [4.69, 9.17) is 4.42 Å². The smallest absolute Gasteiger partial charge is 0.250 e. The first-order chi connectivity index (χ1) is 12.2. The van der Waals surface area contributed by atoms with Crippen molar-refractivity contribution in [3.05, 3.63) is 65.1 Å². The first-order valence-electron chi connectivity index (χ1n) is 8.38. The van der Waals surface area contributed by atoms with E-state index in [1.807, 2.05) is 37.3 Å². The molecule has 0 amide bonds. The summed E-state index contributed by atoms with van der Waals surface area (Å²) in [5.41, 5.74) is 5.72. The summed E-state index contributed by atoms with van der Waals surface area (Å²) in [6.07, 6.45) is 2.51. The van der Waals surface area contributed by atoms with Gasteiger partial charge in [-0.2, -0.15) is 9.66 Å². The van der Waals surface area contributed by atoms with Gasteiger partial charge in [0.2, 0.25) is 11.5 Å². The molecule has 0 radical (unpaired) electrons. The van der Waals surface area contributed by atoms with Crippen molar-refractivity contribution in [3.8, 4) is 6.07 Å². The van der Waals surface area contributed by atoms with Crippen LogP contribution in [0.15, 0.2) is 47.1 Å². The molecular formula is C20H19N4O+. The van der Waals surface area contributed by atoms with Crippen LogP contribution in [-0.4, -0.2) is 4.98 Å². The molecule has 5 heteroatoms. The van der Waals surface area contributed by atoms with Gasteiger partial charge in [0.1, 0.15) is 35.0 Å². The van der Waals surface area contributed by atoms with Crippen LogP contribution in [0.25, 0.3) is 16.7 Å². The molecule has 0 saturated carbocycles. The molecule has 4 aromatic rings. The van der Waals surface area contributed by atoms with Crippen LogP contribution in [0.2, 0.25) is 0 Å². The molecule has 25 heavy (non-hydrogen) atoms. The first kappa shape index (κ1) is 15.3. The number of imidazole rings is 1. The lowest BCUT2D eigenvalue weighted by molar-refractivity contribution is -0.465. The number of pyridine rings is 1. The van der Waals surface area contributed by atoms with E-state index in [2.05, 4.69) is 33.8 Å². The highest BCUT2D eigenvalue weighted by Gasteiger charge is 2.24. The van der Waals surface area contributed by atoms with Crippen LogP contribution >= 0.6 is 0 Å². The Bertz CT molecular complexity index is 1100. The van der Waals surface area contributed by atoms with E-state index >= 15 is 0 Å². The van der Waals surface area contributed by atoms with Crippen molar-refractivity contribution in [2.24, 2.45) is 0 Å². The lowest BCUT2D eigenvalue weighted by Crippen LogP contribution is -2.29. The summed E-state index contributed by atoms with van der Waals surface area (Å²) in [5.74, 6) is 1.88. The number of nitriles is 1. The molecular weight excluding hydrogens is 312 g/mol. The number of hydrogen-bond donors (Lipinski definition) is 2. The average molecular weight is 331 g/mol. The number of para-hydroxylation sites is 2. The van der Waals surface area contributed by atoms with Crippen molar-refractivity contribution in [1.29, 1.82) is 5.26 Å². The van der Waals surface area contributed by atoms with Crippen LogP contribution in [-0.2, 0) is 13.0 Å². The minimum Gasteiger partial charge on any atom is -0.466 e. The molecule has 3 aromatic heterocycles. The summed E-state index contributed by atoms with van der Waals surface area (Å²) in [6.45, 7) is 4.72. The van der Waals surface area contributed by atoms with E-state index in [0.29, 0.717) is 12.1 Å². The first-order valence-corrected chi connectivity index (χ1v) is 8.38. The quantitative estimate of drug-likeness (QED) is 0.558. The predicted molar refractivity (Wildman–Crippen MR) is 96.3 cm³/mol. The Hall–Kier alpha value is -3.26. The fraction of sp³-hybridized carbons (Fsp3) is 0.200. The van der Waals surface area contributed by atoms with Crippen LogP contribution in [0, 0.1) is 18.3 Å². The van der Waals surface area contributed by atoms with Crippen molar-refractivity contribution < 1.29 is 8.82 Å². The Labute approximate surface area is 145 Å². The number of aromatic amines is 1.